The Hall–Kier alpha value is -0.0400. The molecular formula is C15H28INO3. The Balaban J connectivity index is 2.30. The van der Waals surface area contributed by atoms with Crippen molar-refractivity contribution in [2.75, 3.05) is 19.7 Å². The third-order valence-electron chi connectivity index (χ3n) is 3.18. The van der Waals surface area contributed by atoms with Gasteiger partial charge < -0.3 is 14.4 Å². The van der Waals surface area contributed by atoms with E-state index in [4.69, 9.17) is 9.47 Å². The first kappa shape index (κ1) is 18.0. The van der Waals surface area contributed by atoms with E-state index >= 15 is 0 Å². The van der Waals surface area contributed by atoms with Gasteiger partial charge in [-0.25, -0.2) is 4.79 Å². The third-order valence-corrected chi connectivity index (χ3v) is 4.38. The number of alkyl halides is 1. The second-order valence-electron chi connectivity index (χ2n) is 6.37. The van der Waals surface area contributed by atoms with Gasteiger partial charge in [0.25, 0.3) is 0 Å². The van der Waals surface area contributed by atoms with Gasteiger partial charge in [0.1, 0.15) is 5.60 Å². The van der Waals surface area contributed by atoms with Crippen molar-refractivity contribution in [2.24, 2.45) is 0 Å². The largest absolute Gasteiger partial charge is 0.444 e. The molecule has 2 unspecified atom stereocenters. The summed E-state index contributed by atoms with van der Waals surface area (Å²) in [6.07, 6.45) is 4.77. The van der Waals surface area contributed by atoms with Crippen molar-refractivity contribution in [3.05, 3.63) is 0 Å². The van der Waals surface area contributed by atoms with Crippen LogP contribution >= 0.6 is 22.6 Å². The summed E-state index contributed by atoms with van der Waals surface area (Å²) in [5.74, 6) is 0. The van der Waals surface area contributed by atoms with Crippen LogP contribution in [0.15, 0.2) is 0 Å². The van der Waals surface area contributed by atoms with E-state index < -0.39 is 5.60 Å². The Labute approximate surface area is 136 Å². The summed E-state index contributed by atoms with van der Waals surface area (Å²) in [4.78, 5) is 13.8. The van der Waals surface area contributed by atoms with Crippen molar-refractivity contribution < 1.29 is 14.3 Å². The molecule has 1 rings (SSSR count). The second kappa shape index (κ2) is 8.41. The number of likely N-dealkylation sites (tertiary alicyclic amines) is 1. The van der Waals surface area contributed by atoms with Gasteiger partial charge in [-0.15, -0.1) is 0 Å². The molecule has 118 valence electrons. The van der Waals surface area contributed by atoms with Gasteiger partial charge in [0.15, 0.2) is 0 Å². The summed E-state index contributed by atoms with van der Waals surface area (Å²) in [5, 5.41) is 0. The highest BCUT2D eigenvalue weighted by atomic mass is 127. The first-order valence-corrected chi connectivity index (χ1v) is 8.81. The molecule has 0 aromatic rings. The predicted molar refractivity (Wildman–Crippen MR) is 89.5 cm³/mol. The maximum absolute atomic E-state index is 12.0. The number of rotatable bonds is 6. The first-order chi connectivity index (χ1) is 9.33. The molecule has 5 heteroatoms. The van der Waals surface area contributed by atoms with Gasteiger partial charge in [0.2, 0.25) is 0 Å². The minimum atomic E-state index is -0.434. The van der Waals surface area contributed by atoms with Gasteiger partial charge in [-0.05, 0) is 27.2 Å². The molecule has 4 nitrogen and oxygen atoms in total. The number of hydrogen-bond acceptors (Lipinski definition) is 3. The predicted octanol–water partition coefficient (Wildman–Crippen LogP) is 4.01. The number of halogens is 1. The molecule has 1 heterocycles. The lowest BCUT2D eigenvalue weighted by molar-refractivity contribution is 0.0209. The van der Waals surface area contributed by atoms with Crippen LogP contribution < -0.4 is 0 Å². The number of carbonyl (C=O) groups is 1. The smallest absolute Gasteiger partial charge is 0.410 e. The summed E-state index contributed by atoms with van der Waals surface area (Å²) >= 11 is 2.37. The average molecular weight is 397 g/mol. The zero-order valence-electron chi connectivity index (χ0n) is 13.2. The van der Waals surface area contributed by atoms with E-state index in [0.29, 0.717) is 10.5 Å². The first-order valence-electron chi connectivity index (χ1n) is 7.57. The fourth-order valence-electron chi connectivity index (χ4n) is 2.13. The fraction of sp³-hybridized carbons (Fsp3) is 0.933. The molecule has 0 aromatic heterocycles. The number of carbonyl (C=O) groups excluding carboxylic acids is 1. The molecule has 1 aliphatic rings. The van der Waals surface area contributed by atoms with E-state index in [2.05, 4.69) is 29.5 Å². The summed E-state index contributed by atoms with van der Waals surface area (Å²) in [6, 6.07) is 0. The number of amides is 1. The molecule has 1 fully saturated rings. The second-order valence-corrected chi connectivity index (χ2v) is 7.97. The van der Waals surface area contributed by atoms with Gasteiger partial charge in [0.05, 0.1) is 16.6 Å². The van der Waals surface area contributed by atoms with Crippen LogP contribution in [0.5, 0.6) is 0 Å². The lowest BCUT2D eigenvalue weighted by atomic mass is 10.2. The molecule has 20 heavy (non-hydrogen) atoms. The minimum Gasteiger partial charge on any atom is -0.444 e. The molecule has 0 aromatic carbocycles. The minimum absolute atomic E-state index is 0.143. The molecule has 1 amide bonds. The Morgan fingerprint density at radius 2 is 1.95 bits per heavy atom. The lowest BCUT2D eigenvalue weighted by Gasteiger charge is -2.24. The molecule has 0 aliphatic carbocycles. The van der Waals surface area contributed by atoms with Gasteiger partial charge in [-0.2, -0.15) is 0 Å². The Bertz CT molecular complexity index is 304. The van der Waals surface area contributed by atoms with Crippen LogP contribution in [-0.4, -0.2) is 46.3 Å². The summed E-state index contributed by atoms with van der Waals surface area (Å²) in [5.41, 5.74) is -0.434. The Morgan fingerprint density at radius 1 is 1.25 bits per heavy atom. The fourth-order valence-corrected chi connectivity index (χ4v) is 3.04. The number of hydrogen-bond donors (Lipinski definition) is 0. The van der Waals surface area contributed by atoms with E-state index in [0.717, 1.165) is 19.6 Å². The van der Waals surface area contributed by atoms with Crippen LogP contribution in [0.25, 0.3) is 0 Å². The van der Waals surface area contributed by atoms with Crippen molar-refractivity contribution in [2.45, 2.75) is 69.0 Å². The maximum atomic E-state index is 12.0. The van der Waals surface area contributed by atoms with Gasteiger partial charge in [-0.3, -0.25) is 0 Å². The van der Waals surface area contributed by atoms with Crippen molar-refractivity contribution in [1.29, 1.82) is 0 Å². The quantitative estimate of drug-likeness (QED) is 0.386. The monoisotopic (exact) mass is 397 g/mol. The Kier molecular flexibility index (Phi) is 7.58. The van der Waals surface area contributed by atoms with E-state index in [1.807, 2.05) is 20.8 Å². The highest BCUT2D eigenvalue weighted by molar-refractivity contribution is 14.1. The topological polar surface area (TPSA) is 38.8 Å². The molecule has 0 spiro atoms. The number of nitrogens with zero attached hydrogens (tertiary/aromatic N) is 1. The van der Waals surface area contributed by atoms with Crippen LogP contribution in [0.3, 0.4) is 0 Å². The molecule has 1 saturated heterocycles. The molecule has 0 saturated carbocycles. The number of ether oxygens (including phenoxy) is 2. The van der Waals surface area contributed by atoms with E-state index in [1.165, 1.54) is 19.3 Å². The molecular weight excluding hydrogens is 369 g/mol. The lowest BCUT2D eigenvalue weighted by Crippen LogP contribution is -2.36. The van der Waals surface area contributed by atoms with Crippen LogP contribution in [-0.2, 0) is 9.47 Å². The van der Waals surface area contributed by atoms with Crippen molar-refractivity contribution in [1.82, 2.24) is 4.90 Å². The maximum Gasteiger partial charge on any atom is 0.410 e. The van der Waals surface area contributed by atoms with Crippen molar-refractivity contribution in [3.8, 4) is 0 Å². The molecule has 0 N–H and O–H groups in total. The van der Waals surface area contributed by atoms with Crippen LogP contribution in [0.4, 0.5) is 4.79 Å². The van der Waals surface area contributed by atoms with E-state index in [-0.39, 0.29) is 12.2 Å². The van der Waals surface area contributed by atoms with E-state index in [1.54, 1.807) is 4.90 Å². The molecule has 0 radical (unpaired) electrons. The summed E-state index contributed by atoms with van der Waals surface area (Å²) < 4.78 is 11.7. The molecule has 0 bridgehead atoms. The molecule has 2 atom stereocenters. The summed E-state index contributed by atoms with van der Waals surface area (Å²) in [6.45, 7) is 10.0. The van der Waals surface area contributed by atoms with Crippen LogP contribution in [0.1, 0.15) is 53.4 Å². The SMILES string of the molecule is CCCCCCOC1CN(C(=O)OC(C)(C)C)CC1I. The number of unbranched alkanes of at least 4 members (excludes halogenated alkanes) is 3. The standard InChI is InChI=1S/C15H28INO3/c1-5-6-7-8-9-19-13-11-17(10-12(13)16)14(18)20-15(2,3)4/h12-13H,5-11H2,1-4H3. The zero-order valence-corrected chi connectivity index (χ0v) is 15.3. The van der Waals surface area contributed by atoms with Crippen molar-refractivity contribution >= 4 is 28.7 Å². The van der Waals surface area contributed by atoms with Crippen molar-refractivity contribution in [3.63, 3.8) is 0 Å². The van der Waals surface area contributed by atoms with E-state index in [9.17, 15) is 4.79 Å². The highest BCUT2D eigenvalue weighted by Gasteiger charge is 2.36. The van der Waals surface area contributed by atoms with Crippen LogP contribution in [0.2, 0.25) is 0 Å². The Morgan fingerprint density at radius 3 is 2.55 bits per heavy atom. The normalized spacial score (nSPS) is 23.1. The van der Waals surface area contributed by atoms with Gasteiger partial charge in [0, 0.05) is 13.2 Å². The molecule has 1 aliphatic heterocycles. The van der Waals surface area contributed by atoms with Gasteiger partial charge >= 0.3 is 6.09 Å². The average Bonchev–Trinajstić information content (AvgIpc) is 2.69. The third kappa shape index (κ3) is 6.61. The summed E-state index contributed by atoms with van der Waals surface area (Å²) in [7, 11) is 0. The van der Waals surface area contributed by atoms with Gasteiger partial charge in [-0.1, -0.05) is 48.8 Å². The zero-order chi connectivity index (χ0) is 15.2. The van der Waals surface area contributed by atoms with Crippen LogP contribution in [0, 0.1) is 0 Å². The highest BCUT2D eigenvalue weighted by Crippen LogP contribution is 2.23.